The number of nitro groups is 2. The lowest BCUT2D eigenvalue weighted by Crippen LogP contribution is -2.30. The maximum atomic E-state index is 13.0. The highest BCUT2D eigenvalue weighted by Crippen LogP contribution is 2.40. The third-order valence-corrected chi connectivity index (χ3v) is 5.58. The van der Waals surface area contributed by atoms with Crippen LogP contribution < -0.4 is 0 Å². The number of likely N-dealkylation sites (tertiary alicyclic amines) is 1. The van der Waals surface area contributed by atoms with E-state index in [4.69, 9.17) is 5.11 Å². The number of benzene rings is 2. The van der Waals surface area contributed by atoms with Crippen LogP contribution in [0.25, 0.3) is 5.76 Å². The fourth-order valence-electron chi connectivity index (χ4n) is 3.90. The minimum atomic E-state index is -1.13. The van der Waals surface area contributed by atoms with Crippen LogP contribution in [0, 0.1) is 20.2 Å². The van der Waals surface area contributed by atoms with E-state index in [1.165, 1.54) is 41.3 Å². The van der Waals surface area contributed by atoms with Crippen LogP contribution in [-0.2, 0) is 14.4 Å². The number of aliphatic carboxylic acids is 1. The summed E-state index contributed by atoms with van der Waals surface area (Å²) in [7, 11) is 0. The number of hydrogen-bond acceptors (Lipinski definition) is 8. The lowest BCUT2D eigenvalue weighted by atomic mass is 9.95. The molecule has 1 atom stereocenters. The smallest absolute Gasteiger partial charge is 0.303 e. The minimum absolute atomic E-state index is 0.0483. The SMILES string of the molecule is O=C(O)CCCCCN1C(=O)C(=O)/C(=C(\O)c2ccc([N+](=O)[O-])cc2)C1c1cccc([N+](=O)[O-])c1. The molecule has 0 bridgehead atoms. The number of hydrogen-bond donors (Lipinski definition) is 2. The molecule has 1 heterocycles. The van der Waals surface area contributed by atoms with E-state index in [2.05, 4.69) is 0 Å². The summed E-state index contributed by atoms with van der Waals surface area (Å²) in [5.74, 6) is -3.43. The highest BCUT2D eigenvalue weighted by atomic mass is 16.6. The largest absolute Gasteiger partial charge is 0.507 e. The zero-order valence-electron chi connectivity index (χ0n) is 18.3. The summed E-state index contributed by atoms with van der Waals surface area (Å²) in [6.07, 6.45) is 1.14. The van der Waals surface area contributed by atoms with Gasteiger partial charge in [-0.05, 0) is 30.5 Å². The van der Waals surface area contributed by atoms with Crippen molar-refractivity contribution in [3.63, 3.8) is 0 Å². The number of carbonyl (C=O) groups excluding carboxylic acids is 2. The molecule has 0 saturated carbocycles. The Labute approximate surface area is 198 Å². The van der Waals surface area contributed by atoms with Gasteiger partial charge in [-0.3, -0.25) is 34.6 Å². The number of amides is 1. The summed E-state index contributed by atoms with van der Waals surface area (Å²) in [5.41, 5.74) is -0.517. The average molecular weight is 483 g/mol. The first kappa shape index (κ1) is 25.0. The molecule has 0 spiro atoms. The standard InChI is InChI=1S/C23H21N3O9/c27-18(28)7-2-1-3-12-24-20(15-5-4-6-17(13-15)26(34)35)19(22(30)23(24)31)21(29)14-8-10-16(11-9-14)25(32)33/h4-6,8-11,13,20,29H,1-3,7,12H2,(H,27,28)/b21-19-. The Morgan fingerprint density at radius 3 is 2.17 bits per heavy atom. The topological polar surface area (TPSA) is 181 Å². The van der Waals surface area contributed by atoms with Crippen molar-refractivity contribution in [2.24, 2.45) is 0 Å². The average Bonchev–Trinajstić information content (AvgIpc) is 3.08. The summed E-state index contributed by atoms with van der Waals surface area (Å²) in [6, 6.07) is 8.94. The molecule has 1 fully saturated rings. The summed E-state index contributed by atoms with van der Waals surface area (Å²) >= 11 is 0. The molecule has 1 saturated heterocycles. The van der Waals surface area contributed by atoms with Gasteiger partial charge in [0.25, 0.3) is 23.1 Å². The van der Waals surface area contributed by atoms with Gasteiger partial charge in [0, 0.05) is 42.8 Å². The van der Waals surface area contributed by atoms with E-state index >= 15 is 0 Å². The Hall–Kier alpha value is -4.61. The van der Waals surface area contributed by atoms with Crippen molar-refractivity contribution in [1.82, 2.24) is 4.90 Å². The predicted octanol–water partition coefficient (Wildman–Crippen LogP) is 3.57. The van der Waals surface area contributed by atoms with E-state index in [1.54, 1.807) is 0 Å². The molecule has 182 valence electrons. The quantitative estimate of drug-likeness (QED) is 0.127. The number of aliphatic hydroxyl groups excluding tert-OH is 1. The third-order valence-electron chi connectivity index (χ3n) is 5.58. The first-order chi connectivity index (χ1) is 16.6. The van der Waals surface area contributed by atoms with Crippen molar-refractivity contribution in [3.05, 3.63) is 85.5 Å². The molecule has 2 N–H and O–H groups in total. The molecule has 35 heavy (non-hydrogen) atoms. The maximum absolute atomic E-state index is 13.0. The van der Waals surface area contributed by atoms with Crippen LogP contribution in [0.15, 0.2) is 54.1 Å². The molecular weight excluding hydrogens is 462 g/mol. The normalized spacial score (nSPS) is 16.9. The van der Waals surface area contributed by atoms with Crippen molar-refractivity contribution in [2.75, 3.05) is 6.54 Å². The number of nitrogens with zero attached hydrogens (tertiary/aromatic N) is 3. The van der Waals surface area contributed by atoms with E-state index in [-0.39, 0.29) is 41.0 Å². The molecule has 0 aromatic heterocycles. The molecular formula is C23H21N3O9. The van der Waals surface area contributed by atoms with E-state index in [9.17, 15) is 39.7 Å². The van der Waals surface area contributed by atoms with Crippen LogP contribution in [0.4, 0.5) is 11.4 Å². The van der Waals surface area contributed by atoms with E-state index < -0.39 is 39.3 Å². The number of unbranched alkanes of at least 4 members (excludes halogenated alkanes) is 2. The van der Waals surface area contributed by atoms with E-state index in [0.717, 1.165) is 12.1 Å². The number of nitro benzene ring substituents is 2. The summed E-state index contributed by atoms with van der Waals surface area (Å²) in [4.78, 5) is 58.7. The second-order valence-electron chi connectivity index (χ2n) is 7.85. The van der Waals surface area contributed by atoms with Crippen molar-refractivity contribution in [3.8, 4) is 0 Å². The number of non-ortho nitro benzene ring substituents is 2. The Morgan fingerprint density at radius 2 is 1.57 bits per heavy atom. The lowest BCUT2D eigenvalue weighted by Gasteiger charge is -2.25. The van der Waals surface area contributed by atoms with Gasteiger partial charge >= 0.3 is 5.97 Å². The number of carboxylic acids is 1. The van der Waals surface area contributed by atoms with Gasteiger partial charge in [0.1, 0.15) is 5.76 Å². The molecule has 1 unspecified atom stereocenters. The number of rotatable bonds is 10. The van der Waals surface area contributed by atoms with Crippen LogP contribution in [0.2, 0.25) is 0 Å². The molecule has 3 rings (SSSR count). The highest BCUT2D eigenvalue weighted by molar-refractivity contribution is 6.46. The summed E-state index contributed by atoms with van der Waals surface area (Å²) in [6.45, 7) is 0.0502. The Kier molecular flexibility index (Phi) is 7.54. The first-order valence-electron chi connectivity index (χ1n) is 10.6. The molecule has 12 heteroatoms. The van der Waals surface area contributed by atoms with Crippen LogP contribution in [-0.4, -0.2) is 49.2 Å². The highest BCUT2D eigenvalue weighted by Gasteiger charge is 2.46. The van der Waals surface area contributed by atoms with Gasteiger partial charge in [-0.2, -0.15) is 0 Å². The number of carboxylic acid groups (broad SMARTS) is 1. The predicted molar refractivity (Wildman–Crippen MR) is 121 cm³/mol. The first-order valence-corrected chi connectivity index (χ1v) is 10.6. The maximum Gasteiger partial charge on any atom is 0.303 e. The van der Waals surface area contributed by atoms with Gasteiger partial charge in [-0.25, -0.2) is 0 Å². The Bertz CT molecular complexity index is 1220. The molecule has 1 aliphatic heterocycles. The van der Waals surface area contributed by atoms with Gasteiger partial charge in [-0.1, -0.05) is 18.6 Å². The van der Waals surface area contributed by atoms with Gasteiger partial charge in [0.15, 0.2) is 0 Å². The molecule has 1 amide bonds. The monoisotopic (exact) mass is 483 g/mol. The zero-order valence-corrected chi connectivity index (χ0v) is 18.3. The third kappa shape index (κ3) is 5.49. The van der Waals surface area contributed by atoms with Gasteiger partial charge in [0.05, 0.1) is 21.5 Å². The molecule has 0 radical (unpaired) electrons. The molecule has 1 aliphatic rings. The van der Waals surface area contributed by atoms with E-state index in [0.29, 0.717) is 19.3 Å². The second-order valence-corrected chi connectivity index (χ2v) is 7.85. The Morgan fingerprint density at radius 1 is 0.914 bits per heavy atom. The number of aliphatic hydroxyl groups is 1. The Balaban J connectivity index is 2.04. The number of Topliss-reactive ketones (excluding diaryl/α,β-unsaturated/α-hetero) is 1. The van der Waals surface area contributed by atoms with Crippen LogP contribution >= 0.6 is 0 Å². The summed E-state index contributed by atoms with van der Waals surface area (Å²) < 4.78 is 0. The molecule has 2 aromatic rings. The lowest BCUT2D eigenvalue weighted by molar-refractivity contribution is -0.385. The van der Waals surface area contributed by atoms with Gasteiger partial charge in [0.2, 0.25) is 0 Å². The zero-order chi connectivity index (χ0) is 25.7. The molecule has 2 aromatic carbocycles. The van der Waals surface area contributed by atoms with E-state index in [1.807, 2.05) is 0 Å². The van der Waals surface area contributed by atoms with Crippen molar-refractivity contribution in [2.45, 2.75) is 31.7 Å². The molecule has 12 nitrogen and oxygen atoms in total. The number of ketones is 1. The van der Waals surface area contributed by atoms with Crippen molar-refractivity contribution >= 4 is 34.8 Å². The van der Waals surface area contributed by atoms with Crippen LogP contribution in [0.1, 0.15) is 42.9 Å². The minimum Gasteiger partial charge on any atom is -0.507 e. The van der Waals surface area contributed by atoms with Crippen molar-refractivity contribution < 1.29 is 34.4 Å². The van der Waals surface area contributed by atoms with Crippen molar-refractivity contribution in [1.29, 1.82) is 0 Å². The van der Waals surface area contributed by atoms with Gasteiger partial charge < -0.3 is 15.1 Å². The second kappa shape index (κ2) is 10.5. The van der Waals surface area contributed by atoms with Crippen LogP contribution in [0.3, 0.4) is 0 Å². The number of carbonyl (C=O) groups is 3. The fourth-order valence-corrected chi connectivity index (χ4v) is 3.90. The van der Waals surface area contributed by atoms with Gasteiger partial charge in [-0.15, -0.1) is 0 Å². The fraction of sp³-hybridized carbons (Fsp3) is 0.261. The molecule has 0 aliphatic carbocycles. The summed E-state index contributed by atoms with van der Waals surface area (Å²) in [5, 5.41) is 41.9. The van der Waals surface area contributed by atoms with Crippen LogP contribution in [0.5, 0.6) is 0 Å².